The number of rotatable bonds is 4. The van der Waals surface area contributed by atoms with Crippen LogP contribution in [-0.2, 0) is 24.2 Å². The number of nitrogens with zero attached hydrogens (tertiary/aromatic N) is 2. The van der Waals surface area contributed by atoms with Gasteiger partial charge < -0.3 is 9.80 Å². The second-order valence-corrected chi connectivity index (χ2v) is 10.8. The molecule has 2 nitrogen and oxygen atoms in total. The first-order chi connectivity index (χ1) is 18.4. The molecule has 0 radical (unpaired) electrons. The number of benzene rings is 4. The van der Waals surface area contributed by atoms with Gasteiger partial charge in [0.15, 0.2) is 0 Å². The molecule has 0 N–H and O–H groups in total. The van der Waals surface area contributed by atoms with E-state index in [1.165, 1.54) is 71.5 Å². The summed E-state index contributed by atoms with van der Waals surface area (Å²) in [6.45, 7) is 0. The van der Waals surface area contributed by atoms with Crippen molar-refractivity contribution in [1.82, 2.24) is 0 Å². The number of hydrogen-bond donors (Lipinski definition) is 0. The Labute approximate surface area is 266 Å². The van der Waals surface area contributed by atoms with E-state index in [9.17, 15) is 0 Å². The Bertz CT molecular complexity index is 1440. The van der Waals surface area contributed by atoms with Crippen molar-refractivity contribution < 1.29 is 24.2 Å². The van der Waals surface area contributed by atoms with Crippen LogP contribution in [0.1, 0.15) is 17.5 Å². The summed E-state index contributed by atoms with van der Waals surface area (Å²) in [5, 5.41) is 5.31. The molecule has 6 rings (SSSR count). The zero-order valence-electron chi connectivity index (χ0n) is 23.5. The average molecular weight is 647 g/mol. The molecule has 40 heavy (non-hydrogen) atoms. The van der Waals surface area contributed by atoms with Gasteiger partial charge in [-0.3, -0.25) is 6.08 Å². The van der Waals surface area contributed by atoms with Gasteiger partial charge in [0.2, 0.25) is 0 Å². The normalized spacial score (nSPS) is 10.9. The zero-order valence-corrected chi connectivity index (χ0v) is 27.6. The molecule has 5 aromatic carbocycles. The third-order valence-corrected chi connectivity index (χ3v) is 7.84. The molecule has 0 bridgehead atoms. The first-order valence-electron chi connectivity index (χ1n) is 12.8. The van der Waals surface area contributed by atoms with Crippen molar-refractivity contribution in [3.05, 3.63) is 139 Å². The van der Waals surface area contributed by atoms with Gasteiger partial charge in [0.25, 0.3) is 0 Å². The third-order valence-electron chi connectivity index (χ3n) is 6.42. The fraction of sp³-hybridized carbons (Fsp3) is 0.143. The summed E-state index contributed by atoms with van der Waals surface area (Å²) in [7, 11) is 8.32. The second-order valence-electron chi connectivity index (χ2n) is 9.59. The zero-order chi connectivity index (χ0) is 26.9. The van der Waals surface area contributed by atoms with E-state index in [1.54, 1.807) is 0 Å². The van der Waals surface area contributed by atoms with E-state index in [4.69, 9.17) is 0 Å². The van der Waals surface area contributed by atoms with Crippen molar-refractivity contribution >= 4 is 60.9 Å². The molecule has 0 heterocycles. The summed E-state index contributed by atoms with van der Waals surface area (Å²) in [6.07, 6.45) is 10.0. The first-order valence-corrected chi connectivity index (χ1v) is 14.1. The molecule has 0 saturated carbocycles. The molecule has 204 valence electrons. The maximum atomic E-state index is 2.99. The van der Waals surface area contributed by atoms with Gasteiger partial charge >= 0.3 is 99.2 Å². The standard InChI is InChI=1S/C17H19N2.C13H10.C5H5.2ClH.Zr/c1-18(2)14-7-5-12-9-13-6-8-15(19(3)4)11-17(13)16(12)10-14;1-3-7-12(8-4-1)11-13-9-5-2-6-10-13;1-2-4-5-3-1;;;/h5-11H,1-4H3;1-10H;1-3H,4H2;2*1H;/q-1;;-1;;;+2. The van der Waals surface area contributed by atoms with Gasteiger partial charge in [-0.2, -0.15) is 6.08 Å². The third kappa shape index (κ3) is 8.83. The molecule has 1 aliphatic carbocycles. The molecule has 0 atom stereocenters. The van der Waals surface area contributed by atoms with Gasteiger partial charge in [-0.25, -0.2) is 12.2 Å². The van der Waals surface area contributed by atoms with E-state index in [0.717, 1.165) is 6.42 Å². The van der Waals surface area contributed by atoms with Crippen molar-refractivity contribution in [3.8, 4) is 0 Å². The van der Waals surface area contributed by atoms with Crippen LogP contribution in [0.25, 0.3) is 21.5 Å². The molecule has 1 aliphatic rings. The second kappa shape index (κ2) is 16.4. The van der Waals surface area contributed by atoms with Crippen LogP contribution >= 0.6 is 24.8 Å². The van der Waals surface area contributed by atoms with Crippen molar-refractivity contribution in [2.24, 2.45) is 0 Å². The summed E-state index contributed by atoms with van der Waals surface area (Å²) in [4.78, 5) is 4.29. The summed E-state index contributed by atoms with van der Waals surface area (Å²) < 4.78 is 1.42. The number of allylic oxidation sites excluding steroid dienone is 4. The predicted molar refractivity (Wildman–Crippen MR) is 178 cm³/mol. The average Bonchev–Trinajstić information content (AvgIpc) is 3.65. The van der Waals surface area contributed by atoms with E-state index in [0.29, 0.717) is 0 Å². The Morgan fingerprint density at radius 3 is 1.45 bits per heavy atom. The quantitative estimate of drug-likeness (QED) is 0.180. The maximum absolute atomic E-state index is 2.99. The van der Waals surface area contributed by atoms with Crippen LogP contribution in [0.15, 0.2) is 121 Å². The van der Waals surface area contributed by atoms with Gasteiger partial charge in [0.05, 0.1) is 0 Å². The van der Waals surface area contributed by atoms with E-state index < -0.39 is 0 Å². The summed E-state index contributed by atoms with van der Waals surface area (Å²) in [5.74, 6) is 0. The molecule has 0 unspecified atom stereocenters. The monoisotopic (exact) mass is 644 g/mol. The van der Waals surface area contributed by atoms with Crippen LogP contribution in [0.5, 0.6) is 0 Å². The predicted octanol–water partition coefficient (Wildman–Crippen LogP) is 8.80. The topological polar surface area (TPSA) is 6.48 Å². The molecule has 0 fully saturated rings. The van der Waals surface area contributed by atoms with E-state index in [1.807, 2.05) is 12.2 Å². The van der Waals surface area contributed by atoms with E-state index >= 15 is 0 Å². The fourth-order valence-electron chi connectivity index (χ4n) is 4.25. The molecule has 0 spiro atoms. The Balaban J connectivity index is 0.000000235. The van der Waals surface area contributed by atoms with Crippen LogP contribution < -0.4 is 9.80 Å². The van der Waals surface area contributed by atoms with Crippen LogP contribution in [0.3, 0.4) is 0 Å². The SMILES string of the molecule is CN(C)c1ccc2[cH-]c3ccc(N(C)C)cc3c2c1.Cl.Cl.[C-]1=CC=CC1.[Zr+2]=[C](c1ccccc1)c1ccccc1. The van der Waals surface area contributed by atoms with Crippen LogP contribution in [0.4, 0.5) is 11.4 Å². The molecule has 0 saturated heterocycles. The number of fused-ring (bicyclic) bond motifs is 3. The Hall–Kier alpha value is -2.84. The van der Waals surface area contributed by atoms with E-state index in [2.05, 4.69) is 153 Å². The van der Waals surface area contributed by atoms with Gasteiger partial charge in [-0.05, 0) is 0 Å². The number of halogens is 2. The van der Waals surface area contributed by atoms with Crippen LogP contribution in [0.2, 0.25) is 0 Å². The van der Waals surface area contributed by atoms with Crippen molar-refractivity contribution in [2.75, 3.05) is 38.0 Å². The Kier molecular flexibility index (Phi) is 13.7. The van der Waals surface area contributed by atoms with Crippen molar-refractivity contribution in [2.45, 2.75) is 6.42 Å². The molecular weight excluding hydrogens is 611 g/mol. The first kappa shape index (κ1) is 33.4. The summed E-state index contributed by atoms with van der Waals surface area (Å²) >= 11 is 1.46. The molecule has 5 aromatic rings. The van der Waals surface area contributed by atoms with Crippen molar-refractivity contribution in [3.63, 3.8) is 0 Å². The van der Waals surface area contributed by atoms with E-state index in [-0.39, 0.29) is 24.8 Å². The van der Waals surface area contributed by atoms with Crippen molar-refractivity contribution in [1.29, 1.82) is 0 Å². The molecule has 0 aromatic heterocycles. The number of anilines is 2. The summed E-state index contributed by atoms with van der Waals surface area (Å²) in [5.41, 5.74) is 5.15. The Morgan fingerprint density at radius 2 is 1.12 bits per heavy atom. The number of hydrogen-bond acceptors (Lipinski definition) is 2. The van der Waals surface area contributed by atoms with Crippen LogP contribution in [-0.4, -0.2) is 31.4 Å². The Morgan fingerprint density at radius 1 is 0.675 bits per heavy atom. The van der Waals surface area contributed by atoms with Gasteiger partial charge in [-0.1, -0.05) is 24.3 Å². The molecule has 0 aliphatic heterocycles. The minimum atomic E-state index is 0. The molecular formula is C35H36Cl2N2Zr. The fourth-order valence-corrected chi connectivity index (χ4v) is 5.07. The van der Waals surface area contributed by atoms with Gasteiger partial charge in [0.1, 0.15) is 0 Å². The molecule has 0 amide bonds. The molecule has 5 heteroatoms. The van der Waals surface area contributed by atoms with Crippen LogP contribution in [0, 0.1) is 6.08 Å². The van der Waals surface area contributed by atoms with Gasteiger partial charge in [0, 0.05) is 39.6 Å². The summed E-state index contributed by atoms with van der Waals surface area (Å²) in [6, 6.07) is 36.7. The van der Waals surface area contributed by atoms with Gasteiger partial charge in [-0.15, -0.1) is 71.0 Å². The minimum absolute atomic E-state index is 0.